The number of hydrogen-bond donors (Lipinski definition) is 3. The zero-order valence-corrected chi connectivity index (χ0v) is 10.5. The number of anilines is 2. The Morgan fingerprint density at radius 2 is 2.26 bits per heavy atom. The van der Waals surface area contributed by atoms with E-state index in [2.05, 4.69) is 30.6 Å². The first-order valence-electron chi connectivity index (χ1n) is 5.92. The van der Waals surface area contributed by atoms with Crippen LogP contribution in [-0.4, -0.2) is 22.7 Å². The average molecular weight is 261 g/mol. The Morgan fingerprint density at radius 3 is 3.00 bits per heavy atom. The molecule has 3 N–H and O–H groups in total. The van der Waals surface area contributed by atoms with Crippen LogP contribution in [0.1, 0.15) is 12.5 Å². The Balaban J connectivity index is 1.84. The predicted molar refractivity (Wildman–Crippen MR) is 70.8 cm³/mol. The molecule has 0 saturated carbocycles. The van der Waals surface area contributed by atoms with E-state index >= 15 is 0 Å². The van der Waals surface area contributed by atoms with Gasteiger partial charge in [-0.3, -0.25) is 5.32 Å². The second-order valence-corrected chi connectivity index (χ2v) is 3.77. The molecule has 2 amide bonds. The first kappa shape index (κ1) is 12.9. The van der Waals surface area contributed by atoms with E-state index in [1.165, 1.54) is 6.26 Å². The van der Waals surface area contributed by atoms with Crippen LogP contribution in [0.5, 0.6) is 0 Å². The van der Waals surface area contributed by atoms with Crippen LogP contribution in [0.3, 0.4) is 0 Å². The van der Waals surface area contributed by atoms with Crippen molar-refractivity contribution in [3.8, 4) is 0 Å². The van der Waals surface area contributed by atoms with Gasteiger partial charge in [-0.25, -0.2) is 9.78 Å². The largest absolute Gasteiger partial charge is 0.370 e. The monoisotopic (exact) mass is 261 g/mol. The number of pyridine rings is 1. The van der Waals surface area contributed by atoms with E-state index in [9.17, 15) is 4.79 Å². The molecule has 2 heterocycles. The van der Waals surface area contributed by atoms with Gasteiger partial charge in [0.1, 0.15) is 12.1 Å². The molecule has 7 nitrogen and oxygen atoms in total. The molecular formula is C12H15N5O2. The molecule has 2 aromatic rings. The molecule has 0 atom stereocenters. The van der Waals surface area contributed by atoms with Crippen LogP contribution in [0.4, 0.5) is 16.4 Å². The van der Waals surface area contributed by atoms with Crippen molar-refractivity contribution in [2.24, 2.45) is 0 Å². The summed E-state index contributed by atoms with van der Waals surface area (Å²) < 4.78 is 4.61. The summed E-state index contributed by atoms with van der Waals surface area (Å²) in [7, 11) is 0. The molecule has 0 aliphatic rings. The van der Waals surface area contributed by atoms with E-state index in [4.69, 9.17) is 0 Å². The van der Waals surface area contributed by atoms with Crippen molar-refractivity contribution in [1.82, 2.24) is 15.5 Å². The summed E-state index contributed by atoms with van der Waals surface area (Å²) >= 11 is 0. The lowest BCUT2D eigenvalue weighted by atomic mass is 10.2. The fourth-order valence-corrected chi connectivity index (χ4v) is 1.48. The highest BCUT2D eigenvalue weighted by Crippen LogP contribution is 2.06. The minimum atomic E-state index is -0.337. The number of nitrogens with zero attached hydrogens (tertiary/aromatic N) is 2. The molecule has 2 aromatic heterocycles. The smallest absolute Gasteiger partial charge is 0.320 e. The molecule has 100 valence electrons. The zero-order valence-electron chi connectivity index (χ0n) is 10.5. The molecule has 0 fully saturated rings. The van der Waals surface area contributed by atoms with Gasteiger partial charge in [-0.1, -0.05) is 5.16 Å². The molecule has 0 aliphatic heterocycles. The number of carbonyl (C=O) groups excluding carboxylic acids is 1. The van der Waals surface area contributed by atoms with Gasteiger partial charge in [0.05, 0.1) is 0 Å². The SMILES string of the molecule is CCNc1cc(CNC(=O)Nc2ccon2)ccn1. The van der Waals surface area contributed by atoms with Crippen molar-refractivity contribution < 1.29 is 9.32 Å². The highest BCUT2D eigenvalue weighted by atomic mass is 16.5. The quantitative estimate of drug-likeness (QED) is 0.763. The number of urea groups is 1. The number of carbonyl (C=O) groups is 1. The van der Waals surface area contributed by atoms with Gasteiger partial charge >= 0.3 is 6.03 Å². The van der Waals surface area contributed by atoms with Crippen molar-refractivity contribution in [3.63, 3.8) is 0 Å². The van der Waals surface area contributed by atoms with E-state index in [1.807, 2.05) is 19.1 Å². The Morgan fingerprint density at radius 1 is 1.37 bits per heavy atom. The van der Waals surface area contributed by atoms with Crippen LogP contribution in [0.2, 0.25) is 0 Å². The number of nitrogens with one attached hydrogen (secondary N) is 3. The van der Waals surface area contributed by atoms with Crippen LogP contribution in [0.25, 0.3) is 0 Å². The summed E-state index contributed by atoms with van der Waals surface area (Å²) in [6.07, 6.45) is 3.09. The van der Waals surface area contributed by atoms with Gasteiger partial charge in [0.25, 0.3) is 0 Å². The van der Waals surface area contributed by atoms with E-state index in [0.29, 0.717) is 12.4 Å². The maximum atomic E-state index is 11.6. The van der Waals surface area contributed by atoms with Gasteiger partial charge in [-0.15, -0.1) is 0 Å². The van der Waals surface area contributed by atoms with Gasteiger partial charge in [0.2, 0.25) is 0 Å². The first-order valence-corrected chi connectivity index (χ1v) is 5.92. The topological polar surface area (TPSA) is 92.1 Å². The van der Waals surface area contributed by atoms with Crippen LogP contribution in [0, 0.1) is 0 Å². The summed E-state index contributed by atoms with van der Waals surface area (Å²) in [5.41, 5.74) is 0.959. The molecule has 0 spiro atoms. The summed E-state index contributed by atoms with van der Waals surface area (Å²) in [6, 6.07) is 4.96. The maximum absolute atomic E-state index is 11.6. The van der Waals surface area contributed by atoms with Crippen molar-refractivity contribution in [2.75, 3.05) is 17.2 Å². The van der Waals surface area contributed by atoms with Crippen molar-refractivity contribution >= 4 is 17.7 Å². The first-order chi connectivity index (χ1) is 9.28. The predicted octanol–water partition coefficient (Wildman–Crippen LogP) is 1.82. The zero-order chi connectivity index (χ0) is 13.5. The molecule has 0 unspecified atom stereocenters. The third-order valence-corrected chi connectivity index (χ3v) is 2.31. The molecule has 0 radical (unpaired) electrons. The Bertz CT molecular complexity index is 527. The van der Waals surface area contributed by atoms with Crippen LogP contribution >= 0.6 is 0 Å². The van der Waals surface area contributed by atoms with Crippen LogP contribution < -0.4 is 16.0 Å². The summed E-state index contributed by atoms with van der Waals surface area (Å²) in [5, 5.41) is 12.0. The minimum Gasteiger partial charge on any atom is -0.370 e. The molecule has 19 heavy (non-hydrogen) atoms. The Kier molecular flexibility index (Phi) is 4.33. The number of rotatable bonds is 5. The van der Waals surface area contributed by atoms with Crippen molar-refractivity contribution in [1.29, 1.82) is 0 Å². The third kappa shape index (κ3) is 3.98. The second-order valence-electron chi connectivity index (χ2n) is 3.77. The molecular weight excluding hydrogens is 246 g/mol. The maximum Gasteiger partial charge on any atom is 0.320 e. The summed E-state index contributed by atoms with van der Waals surface area (Å²) in [4.78, 5) is 15.7. The van der Waals surface area contributed by atoms with Gasteiger partial charge in [-0.05, 0) is 24.6 Å². The lowest BCUT2D eigenvalue weighted by Gasteiger charge is -2.07. The summed E-state index contributed by atoms with van der Waals surface area (Å²) in [5.74, 6) is 1.17. The minimum absolute atomic E-state index is 0.337. The highest BCUT2D eigenvalue weighted by molar-refractivity contribution is 5.87. The van der Waals surface area contributed by atoms with E-state index in [-0.39, 0.29) is 6.03 Å². The second kappa shape index (κ2) is 6.39. The Hall–Kier alpha value is -2.57. The fourth-order valence-electron chi connectivity index (χ4n) is 1.48. The third-order valence-electron chi connectivity index (χ3n) is 2.31. The van der Waals surface area contributed by atoms with Gasteiger partial charge in [0.15, 0.2) is 5.82 Å². The molecule has 0 saturated heterocycles. The normalized spacial score (nSPS) is 9.95. The highest BCUT2D eigenvalue weighted by Gasteiger charge is 2.04. The number of amides is 2. The van der Waals surface area contributed by atoms with Crippen molar-refractivity contribution in [3.05, 3.63) is 36.2 Å². The van der Waals surface area contributed by atoms with Gasteiger partial charge < -0.3 is 15.2 Å². The van der Waals surface area contributed by atoms with E-state index < -0.39 is 0 Å². The molecule has 0 aliphatic carbocycles. The molecule has 2 rings (SSSR count). The molecule has 0 bridgehead atoms. The Labute approximate surface area is 110 Å². The average Bonchev–Trinajstić information content (AvgIpc) is 2.90. The van der Waals surface area contributed by atoms with Crippen LogP contribution in [-0.2, 0) is 6.54 Å². The fraction of sp³-hybridized carbons (Fsp3) is 0.250. The lowest BCUT2D eigenvalue weighted by Crippen LogP contribution is -2.28. The summed E-state index contributed by atoms with van der Waals surface area (Å²) in [6.45, 7) is 3.21. The van der Waals surface area contributed by atoms with Crippen molar-refractivity contribution in [2.45, 2.75) is 13.5 Å². The number of hydrogen-bond acceptors (Lipinski definition) is 5. The molecule has 7 heteroatoms. The van der Waals surface area contributed by atoms with Crippen LogP contribution in [0.15, 0.2) is 35.2 Å². The van der Waals surface area contributed by atoms with Gasteiger partial charge in [-0.2, -0.15) is 0 Å². The standard InChI is InChI=1S/C12H15N5O2/c1-2-13-11-7-9(3-5-14-11)8-15-12(18)16-10-4-6-19-17-10/h3-7H,2,8H2,1H3,(H,13,14)(H2,15,16,17,18). The molecule has 0 aromatic carbocycles. The van der Waals surface area contributed by atoms with E-state index in [1.54, 1.807) is 12.3 Å². The van der Waals surface area contributed by atoms with E-state index in [0.717, 1.165) is 17.9 Å². The lowest BCUT2D eigenvalue weighted by molar-refractivity contribution is 0.251. The number of aromatic nitrogens is 2. The van der Waals surface area contributed by atoms with Gasteiger partial charge in [0, 0.05) is 25.4 Å².